The van der Waals surface area contributed by atoms with E-state index in [0.717, 1.165) is 5.92 Å². The summed E-state index contributed by atoms with van der Waals surface area (Å²) in [6, 6.07) is 0. The van der Waals surface area contributed by atoms with Gasteiger partial charge in [-0.3, -0.25) is 10.1 Å². The van der Waals surface area contributed by atoms with E-state index < -0.39 is 0 Å². The zero-order valence-corrected chi connectivity index (χ0v) is 6.81. The van der Waals surface area contributed by atoms with Gasteiger partial charge in [-0.1, -0.05) is 20.8 Å². The minimum absolute atomic E-state index is 0.157. The third-order valence-electron chi connectivity index (χ3n) is 0.605. The summed E-state index contributed by atoms with van der Waals surface area (Å²) in [5, 5.41) is 2.70. The van der Waals surface area contributed by atoms with Crippen LogP contribution in [0.4, 0.5) is 0 Å². The van der Waals surface area contributed by atoms with Gasteiger partial charge in [-0.2, -0.15) is 0 Å². The number of nitrogens with one attached hydrogen (secondary N) is 1. The summed E-state index contributed by atoms with van der Waals surface area (Å²) in [6.07, 6.45) is 0. The van der Waals surface area contributed by atoms with Gasteiger partial charge in [-0.05, 0) is 5.92 Å². The third-order valence-corrected chi connectivity index (χ3v) is 0.605. The van der Waals surface area contributed by atoms with Gasteiger partial charge < -0.3 is 4.74 Å². The molecule has 1 aliphatic heterocycles. The van der Waals surface area contributed by atoms with Gasteiger partial charge in [0.1, 0.15) is 6.73 Å². The fourth-order valence-corrected chi connectivity index (χ4v) is 0.336. The number of hydrogen-bond acceptors (Lipinski definition) is 3. The first-order valence-electron chi connectivity index (χ1n) is 3.49. The van der Waals surface area contributed by atoms with Crippen molar-refractivity contribution in [1.29, 1.82) is 0 Å². The van der Waals surface area contributed by atoms with Crippen LogP contribution in [0.25, 0.3) is 0 Å². The third kappa shape index (κ3) is 7.43. The number of hydrogen-bond donors (Lipinski definition) is 1. The van der Waals surface area contributed by atoms with Crippen molar-refractivity contribution >= 4 is 5.97 Å². The summed E-state index contributed by atoms with van der Waals surface area (Å²) >= 11 is 0. The molecule has 1 rings (SSSR count). The number of carbonyl (C=O) groups excluding carboxylic acids is 1. The molecule has 10 heavy (non-hydrogen) atoms. The number of ether oxygens (including phenoxy) is 1. The zero-order chi connectivity index (χ0) is 7.98. The topological polar surface area (TPSA) is 38.3 Å². The minimum atomic E-state index is -0.157. The highest BCUT2D eigenvalue weighted by atomic mass is 16.6. The predicted octanol–water partition coefficient (Wildman–Crippen LogP) is 0.753. The molecule has 1 aliphatic rings. The predicted molar refractivity (Wildman–Crippen MR) is 39.5 cm³/mol. The van der Waals surface area contributed by atoms with Gasteiger partial charge in [-0.25, -0.2) is 0 Å². The number of cyclic esters (lactones) is 1. The molecule has 1 fully saturated rings. The maximum Gasteiger partial charge on any atom is 0.321 e. The van der Waals surface area contributed by atoms with E-state index in [4.69, 9.17) is 0 Å². The van der Waals surface area contributed by atoms with Crippen molar-refractivity contribution in [3.05, 3.63) is 0 Å². The average Bonchev–Trinajstić information content (AvgIpc) is 2.15. The molecule has 0 atom stereocenters. The summed E-state index contributed by atoms with van der Waals surface area (Å²) in [4.78, 5) is 9.96. The van der Waals surface area contributed by atoms with E-state index >= 15 is 0 Å². The molecule has 3 heteroatoms. The van der Waals surface area contributed by atoms with E-state index in [2.05, 4.69) is 30.8 Å². The van der Waals surface area contributed by atoms with Crippen LogP contribution in [0.5, 0.6) is 0 Å². The van der Waals surface area contributed by atoms with E-state index in [1.807, 2.05) is 0 Å². The van der Waals surface area contributed by atoms with Gasteiger partial charge in [0, 0.05) is 0 Å². The molecule has 60 valence electrons. The molecule has 3 nitrogen and oxygen atoms in total. The van der Waals surface area contributed by atoms with Crippen LogP contribution in [0.3, 0.4) is 0 Å². The van der Waals surface area contributed by atoms with E-state index in [-0.39, 0.29) is 5.97 Å². The summed E-state index contributed by atoms with van der Waals surface area (Å²) in [6.45, 7) is 7.26. The van der Waals surface area contributed by atoms with Crippen molar-refractivity contribution < 1.29 is 9.53 Å². The average molecular weight is 145 g/mol. The normalized spacial score (nSPS) is 16.2. The van der Waals surface area contributed by atoms with E-state index in [1.165, 1.54) is 0 Å². The Hall–Kier alpha value is -0.570. The van der Waals surface area contributed by atoms with E-state index in [1.54, 1.807) is 0 Å². The van der Waals surface area contributed by atoms with Crippen LogP contribution in [-0.4, -0.2) is 19.2 Å². The van der Waals surface area contributed by atoms with Crippen molar-refractivity contribution in [2.75, 3.05) is 13.3 Å². The summed E-state index contributed by atoms with van der Waals surface area (Å²) in [7, 11) is 0. The van der Waals surface area contributed by atoms with Gasteiger partial charge in [0.05, 0.1) is 6.54 Å². The lowest BCUT2D eigenvalue weighted by molar-refractivity contribution is -0.136. The lowest BCUT2D eigenvalue weighted by Crippen LogP contribution is -2.07. The molecule has 0 radical (unpaired) electrons. The van der Waals surface area contributed by atoms with Crippen LogP contribution in [0.1, 0.15) is 20.8 Å². The smallest absolute Gasteiger partial charge is 0.321 e. The highest BCUT2D eigenvalue weighted by Crippen LogP contribution is 1.81. The second kappa shape index (κ2) is 5.23. The first-order chi connectivity index (χ1) is 4.63. The van der Waals surface area contributed by atoms with Gasteiger partial charge in [0.25, 0.3) is 0 Å². The molecule has 1 saturated heterocycles. The molecule has 1 heterocycles. The summed E-state index contributed by atoms with van der Waals surface area (Å²) in [5.41, 5.74) is 0. The molecular formula is C7H15NO2. The second-order valence-corrected chi connectivity index (χ2v) is 2.82. The van der Waals surface area contributed by atoms with Gasteiger partial charge in [0.2, 0.25) is 0 Å². The molecule has 0 unspecified atom stereocenters. The standard InChI is InChI=1S/C4H10.C3H5NO2/c1-4(2)3;5-3-1-4-2-6-3/h4H,1-3H3;4H,1-2H2. The molecule has 0 aromatic heterocycles. The molecule has 0 saturated carbocycles. The quantitative estimate of drug-likeness (QED) is 0.511. The number of rotatable bonds is 0. The second-order valence-electron chi connectivity index (χ2n) is 2.82. The number of esters is 1. The zero-order valence-electron chi connectivity index (χ0n) is 6.81. The Morgan fingerprint density at radius 2 is 2.00 bits per heavy atom. The Balaban J connectivity index is 0.000000180. The van der Waals surface area contributed by atoms with Crippen LogP contribution in [0.2, 0.25) is 0 Å². The van der Waals surface area contributed by atoms with Crippen molar-refractivity contribution in [1.82, 2.24) is 5.32 Å². The Bertz CT molecular complexity index is 91.0. The lowest BCUT2D eigenvalue weighted by Gasteiger charge is -1.79. The van der Waals surface area contributed by atoms with Gasteiger partial charge in [-0.15, -0.1) is 0 Å². The van der Waals surface area contributed by atoms with Crippen molar-refractivity contribution in [2.24, 2.45) is 5.92 Å². The minimum Gasteiger partial charge on any atom is -0.449 e. The van der Waals surface area contributed by atoms with Gasteiger partial charge >= 0.3 is 5.97 Å². The van der Waals surface area contributed by atoms with Crippen LogP contribution in [0, 0.1) is 5.92 Å². The largest absolute Gasteiger partial charge is 0.449 e. The Morgan fingerprint density at radius 1 is 1.50 bits per heavy atom. The fraction of sp³-hybridized carbons (Fsp3) is 0.857. The van der Waals surface area contributed by atoms with Crippen molar-refractivity contribution in [3.8, 4) is 0 Å². The molecule has 0 aromatic carbocycles. The van der Waals surface area contributed by atoms with Crippen LogP contribution in [-0.2, 0) is 9.53 Å². The Kier molecular flexibility index (Phi) is 4.94. The first kappa shape index (κ1) is 9.43. The molecule has 0 spiro atoms. The first-order valence-corrected chi connectivity index (χ1v) is 3.49. The maximum atomic E-state index is 9.96. The van der Waals surface area contributed by atoms with Crippen LogP contribution in [0.15, 0.2) is 0 Å². The Labute approximate surface area is 61.8 Å². The maximum absolute atomic E-state index is 9.96. The summed E-state index contributed by atoms with van der Waals surface area (Å²) in [5.74, 6) is 0.676. The van der Waals surface area contributed by atoms with Crippen molar-refractivity contribution in [3.63, 3.8) is 0 Å². The van der Waals surface area contributed by atoms with E-state index in [0.29, 0.717) is 13.3 Å². The fourth-order valence-electron chi connectivity index (χ4n) is 0.336. The molecule has 0 bridgehead atoms. The van der Waals surface area contributed by atoms with Crippen LogP contribution >= 0.6 is 0 Å². The van der Waals surface area contributed by atoms with Crippen LogP contribution < -0.4 is 5.32 Å². The number of carbonyl (C=O) groups is 1. The molecular weight excluding hydrogens is 130 g/mol. The van der Waals surface area contributed by atoms with Gasteiger partial charge in [0.15, 0.2) is 0 Å². The summed E-state index contributed by atoms with van der Waals surface area (Å²) < 4.78 is 4.40. The SMILES string of the molecule is CC(C)C.O=C1CNCO1. The lowest BCUT2D eigenvalue weighted by atomic mass is 10.3. The monoisotopic (exact) mass is 145 g/mol. The Morgan fingerprint density at radius 3 is 2.10 bits per heavy atom. The molecule has 0 aliphatic carbocycles. The highest BCUT2D eigenvalue weighted by Gasteiger charge is 2.06. The molecule has 0 amide bonds. The molecule has 1 N–H and O–H groups in total. The molecule has 0 aromatic rings. The highest BCUT2D eigenvalue weighted by molar-refractivity contribution is 5.72. The van der Waals surface area contributed by atoms with Crippen molar-refractivity contribution in [2.45, 2.75) is 20.8 Å². The van der Waals surface area contributed by atoms with E-state index in [9.17, 15) is 4.79 Å².